The molecule has 1 fully saturated rings. The van der Waals surface area contributed by atoms with E-state index >= 15 is 0 Å². The minimum absolute atomic E-state index is 0.0483. The maximum atomic E-state index is 12.8. The predicted octanol–water partition coefficient (Wildman–Crippen LogP) is 2.96. The van der Waals surface area contributed by atoms with Crippen molar-refractivity contribution < 1.29 is 9.59 Å². The Balaban J connectivity index is 1.70. The fraction of sp³-hybridized carbons (Fsp3) is 0.316. The monoisotopic (exact) mass is 355 g/mol. The van der Waals surface area contributed by atoms with Crippen molar-refractivity contribution in [3.05, 3.63) is 54.2 Å². The summed E-state index contributed by atoms with van der Waals surface area (Å²) in [7, 11) is 0. The second-order valence-corrected chi connectivity index (χ2v) is 7.37. The van der Waals surface area contributed by atoms with E-state index in [2.05, 4.69) is 4.98 Å². The van der Waals surface area contributed by atoms with E-state index < -0.39 is 0 Å². The van der Waals surface area contributed by atoms with Crippen LogP contribution in [0.4, 0.5) is 0 Å². The number of hydrogen-bond donors (Lipinski definition) is 1. The van der Waals surface area contributed by atoms with Gasteiger partial charge in [0.25, 0.3) is 5.91 Å². The van der Waals surface area contributed by atoms with E-state index in [0.717, 1.165) is 22.8 Å². The highest BCUT2D eigenvalue weighted by Gasteiger charge is 2.32. The van der Waals surface area contributed by atoms with Crippen molar-refractivity contribution in [1.29, 1.82) is 0 Å². The fourth-order valence-corrected chi connectivity index (χ4v) is 3.76. The van der Waals surface area contributed by atoms with E-state index in [-0.39, 0.29) is 23.8 Å². The smallest absolute Gasteiger partial charge is 0.254 e. The number of rotatable bonds is 4. The molecule has 1 saturated heterocycles. The van der Waals surface area contributed by atoms with Crippen molar-refractivity contribution in [2.75, 3.05) is 6.54 Å². The lowest BCUT2D eigenvalue weighted by molar-refractivity contribution is -0.123. The van der Waals surface area contributed by atoms with Gasteiger partial charge >= 0.3 is 0 Å². The van der Waals surface area contributed by atoms with E-state index in [9.17, 15) is 9.59 Å². The molecule has 2 aromatic rings. The molecular weight excluding hydrogens is 334 g/mol. The largest absolute Gasteiger partial charge is 0.369 e. The van der Waals surface area contributed by atoms with Crippen LogP contribution in [0.5, 0.6) is 0 Å². The second-order valence-electron chi connectivity index (χ2n) is 6.28. The van der Waals surface area contributed by atoms with Crippen LogP contribution in [0.25, 0.3) is 0 Å². The van der Waals surface area contributed by atoms with Gasteiger partial charge in [-0.2, -0.15) is 0 Å². The van der Waals surface area contributed by atoms with Crippen LogP contribution in [0.3, 0.4) is 0 Å². The maximum absolute atomic E-state index is 12.8. The number of nitrogens with two attached hydrogens (primary N) is 1. The summed E-state index contributed by atoms with van der Waals surface area (Å²) in [5.41, 5.74) is 6.05. The van der Waals surface area contributed by atoms with Gasteiger partial charge in [-0.25, -0.2) is 4.98 Å². The Morgan fingerprint density at radius 2 is 1.92 bits per heavy atom. The molecule has 1 aliphatic heterocycles. The molecule has 25 heavy (non-hydrogen) atoms. The molecule has 0 bridgehead atoms. The first kappa shape index (κ1) is 17.5. The number of aromatic nitrogens is 1. The Hall–Kier alpha value is -2.34. The Kier molecular flexibility index (Phi) is 5.38. The molecule has 1 aromatic carbocycles. The lowest BCUT2D eigenvalue weighted by Gasteiger charge is -2.37. The number of carbonyl (C=O) groups excluding carboxylic acids is 2. The highest BCUT2D eigenvalue weighted by atomic mass is 32.2. The summed E-state index contributed by atoms with van der Waals surface area (Å²) in [6.07, 6.45) is 3.31. The summed E-state index contributed by atoms with van der Waals surface area (Å²) in [6.45, 7) is 2.42. The van der Waals surface area contributed by atoms with Crippen LogP contribution in [0.1, 0.15) is 30.1 Å². The molecular formula is C19H21N3O2S. The van der Waals surface area contributed by atoms with Gasteiger partial charge in [0.2, 0.25) is 5.91 Å². The van der Waals surface area contributed by atoms with Gasteiger partial charge in [0.05, 0.1) is 5.92 Å². The van der Waals surface area contributed by atoms with Crippen molar-refractivity contribution in [1.82, 2.24) is 9.88 Å². The normalized spacial score (nSPS) is 20.3. The van der Waals surface area contributed by atoms with E-state index in [1.165, 1.54) is 0 Å². The minimum Gasteiger partial charge on any atom is -0.369 e. The van der Waals surface area contributed by atoms with Crippen LogP contribution in [-0.4, -0.2) is 34.3 Å². The molecule has 2 atom stereocenters. The number of benzene rings is 1. The van der Waals surface area contributed by atoms with Gasteiger partial charge in [-0.05, 0) is 56.2 Å². The summed E-state index contributed by atoms with van der Waals surface area (Å²) >= 11 is 1.55. The quantitative estimate of drug-likeness (QED) is 0.915. The second kappa shape index (κ2) is 7.70. The molecule has 2 amide bonds. The van der Waals surface area contributed by atoms with Gasteiger partial charge in [0, 0.05) is 29.2 Å². The molecule has 0 spiro atoms. The first-order chi connectivity index (χ1) is 12.0. The summed E-state index contributed by atoms with van der Waals surface area (Å²) in [6, 6.07) is 13.4. The number of carbonyl (C=O) groups is 2. The standard InChI is InChI=1S/C19H21N3O2S/c1-13-5-6-15(18(20)23)12-22(13)19(24)14-7-9-16(10-8-14)25-17-4-2-3-11-21-17/h2-4,7-11,13,15H,5-6,12H2,1H3,(H2,20,23)/t13-,15+/m0/s1. The number of piperidine rings is 1. The van der Waals surface area contributed by atoms with Crippen LogP contribution in [0.2, 0.25) is 0 Å². The summed E-state index contributed by atoms with van der Waals surface area (Å²) < 4.78 is 0. The molecule has 130 valence electrons. The molecule has 6 heteroatoms. The third-order valence-electron chi connectivity index (χ3n) is 4.51. The van der Waals surface area contributed by atoms with Gasteiger partial charge < -0.3 is 10.6 Å². The highest BCUT2D eigenvalue weighted by Crippen LogP contribution is 2.27. The third kappa shape index (κ3) is 4.20. The van der Waals surface area contributed by atoms with Crippen molar-refractivity contribution in [3.8, 4) is 0 Å². The summed E-state index contributed by atoms with van der Waals surface area (Å²) in [5.74, 6) is -0.626. The first-order valence-corrected chi connectivity index (χ1v) is 9.15. The fourth-order valence-electron chi connectivity index (χ4n) is 2.98. The summed E-state index contributed by atoms with van der Waals surface area (Å²) in [4.78, 5) is 31.3. The number of amides is 2. The van der Waals surface area contributed by atoms with Crippen LogP contribution < -0.4 is 5.73 Å². The van der Waals surface area contributed by atoms with Crippen LogP contribution >= 0.6 is 11.8 Å². The zero-order valence-electron chi connectivity index (χ0n) is 14.1. The Bertz CT molecular complexity index is 749. The van der Waals surface area contributed by atoms with Crippen molar-refractivity contribution in [3.63, 3.8) is 0 Å². The number of pyridine rings is 1. The average molecular weight is 355 g/mol. The summed E-state index contributed by atoms with van der Waals surface area (Å²) in [5, 5.41) is 0.913. The zero-order chi connectivity index (χ0) is 17.8. The lowest BCUT2D eigenvalue weighted by atomic mass is 9.92. The first-order valence-electron chi connectivity index (χ1n) is 8.34. The Labute approximate surface area is 151 Å². The van der Waals surface area contributed by atoms with E-state index in [1.807, 2.05) is 49.4 Å². The van der Waals surface area contributed by atoms with Gasteiger partial charge in [-0.15, -0.1) is 0 Å². The van der Waals surface area contributed by atoms with E-state index in [0.29, 0.717) is 12.1 Å². The molecule has 1 aromatic heterocycles. The number of hydrogen-bond acceptors (Lipinski definition) is 4. The third-order valence-corrected chi connectivity index (χ3v) is 5.47. The van der Waals surface area contributed by atoms with Crippen LogP contribution in [-0.2, 0) is 4.79 Å². The average Bonchev–Trinajstić information content (AvgIpc) is 2.63. The zero-order valence-corrected chi connectivity index (χ0v) is 14.9. The van der Waals surface area contributed by atoms with E-state index in [4.69, 9.17) is 5.73 Å². The molecule has 5 nitrogen and oxygen atoms in total. The number of likely N-dealkylation sites (tertiary alicyclic amines) is 1. The van der Waals surface area contributed by atoms with Gasteiger partial charge in [0.15, 0.2) is 0 Å². The van der Waals surface area contributed by atoms with Crippen molar-refractivity contribution in [2.24, 2.45) is 11.7 Å². The van der Waals surface area contributed by atoms with Gasteiger partial charge in [0.1, 0.15) is 5.03 Å². The minimum atomic E-state index is -0.327. The Morgan fingerprint density at radius 3 is 2.56 bits per heavy atom. The van der Waals surface area contributed by atoms with Gasteiger partial charge in [-0.3, -0.25) is 9.59 Å². The number of primary amides is 1. The topological polar surface area (TPSA) is 76.3 Å². The molecule has 2 heterocycles. The van der Waals surface area contributed by atoms with E-state index in [1.54, 1.807) is 22.9 Å². The van der Waals surface area contributed by atoms with Crippen LogP contribution in [0.15, 0.2) is 58.6 Å². The number of nitrogens with zero attached hydrogens (tertiary/aromatic N) is 2. The Morgan fingerprint density at radius 1 is 1.16 bits per heavy atom. The molecule has 2 N–H and O–H groups in total. The lowest BCUT2D eigenvalue weighted by Crippen LogP contribution is -2.48. The molecule has 0 saturated carbocycles. The molecule has 3 rings (SSSR count). The molecule has 0 radical (unpaired) electrons. The molecule has 0 aliphatic carbocycles. The van der Waals surface area contributed by atoms with Crippen molar-refractivity contribution in [2.45, 2.75) is 35.7 Å². The molecule has 0 unspecified atom stereocenters. The SMILES string of the molecule is C[C@H]1CC[C@@H](C(N)=O)CN1C(=O)c1ccc(Sc2ccccn2)cc1. The molecule has 1 aliphatic rings. The van der Waals surface area contributed by atoms with Crippen LogP contribution in [0, 0.1) is 5.92 Å². The highest BCUT2D eigenvalue weighted by molar-refractivity contribution is 7.99. The predicted molar refractivity (Wildman–Crippen MR) is 97.2 cm³/mol. The maximum Gasteiger partial charge on any atom is 0.254 e. The van der Waals surface area contributed by atoms with Gasteiger partial charge in [-0.1, -0.05) is 17.8 Å². The van der Waals surface area contributed by atoms with Crippen molar-refractivity contribution >= 4 is 23.6 Å².